The van der Waals surface area contributed by atoms with E-state index in [2.05, 4.69) is 37.9 Å². The highest BCUT2D eigenvalue weighted by molar-refractivity contribution is 4.93. The van der Waals surface area contributed by atoms with E-state index in [4.69, 9.17) is 0 Å². The van der Waals surface area contributed by atoms with E-state index in [-0.39, 0.29) is 0 Å². The van der Waals surface area contributed by atoms with Crippen molar-refractivity contribution in [3.63, 3.8) is 0 Å². The number of nitrogens with zero attached hydrogens (tertiary/aromatic N) is 1. The van der Waals surface area contributed by atoms with Gasteiger partial charge in [-0.15, -0.1) is 0 Å². The summed E-state index contributed by atoms with van der Waals surface area (Å²) < 4.78 is 0. The van der Waals surface area contributed by atoms with Crippen LogP contribution in [0.2, 0.25) is 0 Å². The Morgan fingerprint density at radius 2 is 1.33 bits per heavy atom. The van der Waals surface area contributed by atoms with Crippen LogP contribution in [-0.4, -0.2) is 36.6 Å². The van der Waals surface area contributed by atoms with Crippen LogP contribution in [0.4, 0.5) is 0 Å². The van der Waals surface area contributed by atoms with Crippen LogP contribution in [0.3, 0.4) is 0 Å². The van der Waals surface area contributed by atoms with E-state index in [0.29, 0.717) is 5.41 Å². The number of nitrogens with one attached hydrogen (secondary N) is 1. The average molecular weight is 421 g/mol. The molecule has 1 aliphatic carbocycles. The van der Waals surface area contributed by atoms with E-state index in [9.17, 15) is 0 Å². The van der Waals surface area contributed by atoms with E-state index >= 15 is 0 Å². The van der Waals surface area contributed by atoms with Crippen LogP contribution in [0.1, 0.15) is 137 Å². The molecule has 1 saturated heterocycles. The molecule has 1 atom stereocenters. The fourth-order valence-corrected chi connectivity index (χ4v) is 6.12. The van der Waals surface area contributed by atoms with Crippen LogP contribution >= 0.6 is 0 Å². The van der Waals surface area contributed by atoms with Gasteiger partial charge in [0.25, 0.3) is 0 Å². The van der Waals surface area contributed by atoms with Gasteiger partial charge in [-0.3, -0.25) is 0 Å². The van der Waals surface area contributed by atoms with Crippen molar-refractivity contribution in [2.45, 2.75) is 149 Å². The first-order valence-corrected chi connectivity index (χ1v) is 14.1. The third kappa shape index (κ3) is 9.60. The van der Waals surface area contributed by atoms with Gasteiger partial charge in [-0.1, -0.05) is 79.1 Å². The molecular weight excluding hydrogens is 364 g/mol. The van der Waals surface area contributed by atoms with Crippen LogP contribution in [0, 0.1) is 11.3 Å². The molecule has 2 nitrogen and oxygen atoms in total. The molecule has 0 bridgehead atoms. The highest BCUT2D eigenvalue weighted by atomic mass is 15.1. The number of hydrogen-bond donors (Lipinski definition) is 1. The number of likely N-dealkylation sites (tertiary alicyclic amines) is 1. The molecular formula is C28H56N2. The van der Waals surface area contributed by atoms with Crippen molar-refractivity contribution in [2.24, 2.45) is 11.3 Å². The second-order valence-electron chi connectivity index (χ2n) is 11.2. The lowest BCUT2D eigenvalue weighted by Gasteiger charge is -2.47. The maximum absolute atomic E-state index is 4.14. The fraction of sp³-hybridized carbons (Fsp3) is 1.00. The monoisotopic (exact) mass is 420 g/mol. The Kier molecular flexibility index (Phi) is 13.0. The summed E-state index contributed by atoms with van der Waals surface area (Å²) in [4.78, 5) is 2.79. The van der Waals surface area contributed by atoms with Gasteiger partial charge in [0.15, 0.2) is 0 Å². The number of rotatable bonds is 15. The lowest BCUT2D eigenvalue weighted by Crippen LogP contribution is -2.47. The average Bonchev–Trinajstić information content (AvgIpc) is 2.76. The Hall–Kier alpha value is -0.0800. The van der Waals surface area contributed by atoms with Gasteiger partial charge in [-0.05, 0) is 82.2 Å². The van der Waals surface area contributed by atoms with Crippen LogP contribution < -0.4 is 5.32 Å². The normalized spacial score (nSPS) is 21.5. The lowest BCUT2D eigenvalue weighted by molar-refractivity contribution is 0.0501. The summed E-state index contributed by atoms with van der Waals surface area (Å²) in [5, 5.41) is 4.14. The van der Waals surface area contributed by atoms with Crippen molar-refractivity contribution >= 4 is 0 Å². The van der Waals surface area contributed by atoms with Gasteiger partial charge in [0.2, 0.25) is 0 Å². The van der Waals surface area contributed by atoms with Gasteiger partial charge >= 0.3 is 0 Å². The maximum atomic E-state index is 4.14. The summed E-state index contributed by atoms with van der Waals surface area (Å²) in [5.41, 5.74) is 0.696. The largest absolute Gasteiger partial charge is 0.311 e. The van der Waals surface area contributed by atoms with E-state index in [1.165, 1.54) is 129 Å². The molecule has 1 saturated carbocycles. The highest BCUT2D eigenvalue weighted by Gasteiger charge is 2.38. The summed E-state index contributed by atoms with van der Waals surface area (Å²) in [5.74, 6) is 0.885. The highest BCUT2D eigenvalue weighted by Crippen LogP contribution is 2.45. The predicted octanol–water partition coefficient (Wildman–Crippen LogP) is 7.96. The van der Waals surface area contributed by atoms with E-state index < -0.39 is 0 Å². The summed E-state index contributed by atoms with van der Waals surface area (Å²) in [6, 6.07) is 1.59. The predicted molar refractivity (Wildman–Crippen MR) is 134 cm³/mol. The van der Waals surface area contributed by atoms with Crippen molar-refractivity contribution in [2.75, 3.05) is 19.6 Å². The Morgan fingerprint density at radius 1 is 0.767 bits per heavy atom. The summed E-state index contributed by atoms with van der Waals surface area (Å²) in [6.07, 6.45) is 24.1. The molecule has 2 aliphatic rings. The minimum atomic E-state index is 0.696. The molecule has 2 rings (SSSR count). The fourth-order valence-electron chi connectivity index (χ4n) is 6.12. The standard InChI is InChI=1S/C28H56N2/c1-5-8-11-14-26(15-12-9-6-2)29-27-16-18-28(19-17-27)20-22-30(23-21-28)24-25(4)13-10-7-3/h25-27,29H,5-24H2,1-4H3. The summed E-state index contributed by atoms with van der Waals surface area (Å²) in [6.45, 7) is 13.5. The maximum Gasteiger partial charge on any atom is 0.00700 e. The molecule has 0 radical (unpaired) electrons. The molecule has 0 aromatic heterocycles. The molecule has 178 valence electrons. The van der Waals surface area contributed by atoms with Crippen LogP contribution in [0.25, 0.3) is 0 Å². The smallest absolute Gasteiger partial charge is 0.00700 e. The lowest BCUT2D eigenvalue weighted by atomic mass is 9.67. The molecule has 1 heterocycles. The molecule has 1 aliphatic heterocycles. The second-order valence-corrected chi connectivity index (χ2v) is 11.2. The zero-order chi connectivity index (χ0) is 21.7. The van der Waals surface area contributed by atoms with E-state index in [1.54, 1.807) is 0 Å². The zero-order valence-corrected chi connectivity index (χ0v) is 21.3. The molecule has 2 fully saturated rings. The number of piperidine rings is 1. The van der Waals surface area contributed by atoms with Gasteiger partial charge in [-0.2, -0.15) is 0 Å². The summed E-state index contributed by atoms with van der Waals surface area (Å²) in [7, 11) is 0. The van der Waals surface area contributed by atoms with Crippen LogP contribution in [0.5, 0.6) is 0 Å². The molecule has 0 aromatic carbocycles. The molecule has 0 aromatic rings. The SMILES string of the molecule is CCCCCC(CCCCC)NC1CCC2(CC1)CCN(CC(C)CCCC)CC2. The van der Waals surface area contributed by atoms with Gasteiger partial charge < -0.3 is 10.2 Å². The Morgan fingerprint density at radius 3 is 1.87 bits per heavy atom. The minimum Gasteiger partial charge on any atom is -0.311 e. The Bertz CT molecular complexity index is 393. The van der Waals surface area contributed by atoms with Gasteiger partial charge in [0, 0.05) is 18.6 Å². The first-order valence-electron chi connectivity index (χ1n) is 14.1. The minimum absolute atomic E-state index is 0.696. The van der Waals surface area contributed by atoms with Gasteiger partial charge in [0.1, 0.15) is 0 Å². The van der Waals surface area contributed by atoms with Gasteiger partial charge in [0.05, 0.1) is 0 Å². The van der Waals surface area contributed by atoms with E-state index in [1.807, 2.05) is 0 Å². The Balaban J connectivity index is 1.70. The third-order valence-electron chi connectivity index (χ3n) is 8.37. The first-order chi connectivity index (χ1) is 14.6. The van der Waals surface area contributed by atoms with Crippen LogP contribution in [0.15, 0.2) is 0 Å². The van der Waals surface area contributed by atoms with Crippen molar-refractivity contribution < 1.29 is 0 Å². The molecule has 0 amide bonds. The topological polar surface area (TPSA) is 15.3 Å². The van der Waals surface area contributed by atoms with Crippen molar-refractivity contribution in [1.29, 1.82) is 0 Å². The quantitative estimate of drug-likeness (QED) is 0.270. The zero-order valence-electron chi connectivity index (χ0n) is 21.3. The molecule has 1 unspecified atom stereocenters. The second kappa shape index (κ2) is 14.9. The van der Waals surface area contributed by atoms with Crippen molar-refractivity contribution in [3.8, 4) is 0 Å². The molecule has 2 heteroatoms. The van der Waals surface area contributed by atoms with Gasteiger partial charge in [-0.25, -0.2) is 0 Å². The molecule has 1 N–H and O–H groups in total. The third-order valence-corrected chi connectivity index (χ3v) is 8.37. The van der Waals surface area contributed by atoms with E-state index in [0.717, 1.165) is 18.0 Å². The van der Waals surface area contributed by atoms with Crippen LogP contribution in [-0.2, 0) is 0 Å². The molecule has 30 heavy (non-hydrogen) atoms. The van der Waals surface area contributed by atoms with Crippen molar-refractivity contribution in [1.82, 2.24) is 10.2 Å². The first kappa shape index (κ1) is 26.2. The number of unbranched alkanes of at least 4 members (excludes halogenated alkanes) is 5. The van der Waals surface area contributed by atoms with Crippen molar-refractivity contribution in [3.05, 3.63) is 0 Å². The molecule has 1 spiro atoms. The summed E-state index contributed by atoms with van der Waals surface area (Å²) >= 11 is 0. The number of hydrogen-bond acceptors (Lipinski definition) is 2. The Labute approximate surface area is 190 Å².